The van der Waals surface area contributed by atoms with Crippen molar-refractivity contribution in [3.8, 4) is 5.75 Å². The van der Waals surface area contributed by atoms with Gasteiger partial charge in [0.05, 0.1) is 11.9 Å². The number of amides is 3. The largest absolute Gasteiger partial charge is 0.482 e. The number of rotatable bonds is 4. The quantitative estimate of drug-likeness (QED) is 0.555. The van der Waals surface area contributed by atoms with Crippen LogP contribution in [0.25, 0.3) is 0 Å². The molecule has 0 fully saturated rings. The van der Waals surface area contributed by atoms with Gasteiger partial charge in [-0.3, -0.25) is 19.5 Å². The molecular formula is C19H15N5O4. The molecule has 9 heteroatoms. The summed E-state index contributed by atoms with van der Waals surface area (Å²) in [7, 11) is 0. The number of H-pyrrole nitrogens is 1. The Hall–Kier alpha value is -4.14. The zero-order valence-electron chi connectivity index (χ0n) is 14.5. The van der Waals surface area contributed by atoms with Crippen LogP contribution in [0, 0.1) is 0 Å². The third-order valence-electron chi connectivity index (χ3n) is 4.01. The molecule has 0 bridgehead atoms. The molecule has 0 atom stereocenters. The Morgan fingerprint density at radius 3 is 2.54 bits per heavy atom. The molecule has 4 N–H and O–H groups in total. The van der Waals surface area contributed by atoms with Crippen LogP contribution in [0.15, 0.2) is 54.7 Å². The van der Waals surface area contributed by atoms with Crippen LogP contribution in [0.2, 0.25) is 0 Å². The maximum absolute atomic E-state index is 12.6. The van der Waals surface area contributed by atoms with Gasteiger partial charge < -0.3 is 20.7 Å². The van der Waals surface area contributed by atoms with E-state index in [9.17, 15) is 14.4 Å². The van der Waals surface area contributed by atoms with E-state index in [1.54, 1.807) is 42.5 Å². The highest BCUT2D eigenvalue weighted by atomic mass is 16.5. The highest BCUT2D eigenvalue weighted by Crippen LogP contribution is 2.30. The van der Waals surface area contributed by atoms with Gasteiger partial charge in [0.25, 0.3) is 17.7 Å². The van der Waals surface area contributed by atoms with E-state index in [2.05, 4.69) is 26.1 Å². The first-order valence-electron chi connectivity index (χ1n) is 8.37. The SMILES string of the molecule is O=C1COc2cc(NC(=O)c3cccc(C(=O)Nc4ccn[nH]4)c3)ccc2N1. The van der Waals surface area contributed by atoms with Crippen LogP contribution in [0.5, 0.6) is 5.75 Å². The second-order valence-corrected chi connectivity index (χ2v) is 6.01. The predicted molar refractivity (Wildman–Crippen MR) is 102 cm³/mol. The van der Waals surface area contributed by atoms with E-state index < -0.39 is 0 Å². The third kappa shape index (κ3) is 3.68. The number of carbonyl (C=O) groups is 3. The van der Waals surface area contributed by atoms with Gasteiger partial charge in [-0.05, 0) is 30.3 Å². The normalized spacial score (nSPS) is 12.4. The van der Waals surface area contributed by atoms with Crippen LogP contribution in [0.3, 0.4) is 0 Å². The van der Waals surface area contributed by atoms with Gasteiger partial charge in [-0.25, -0.2) is 0 Å². The summed E-state index contributed by atoms with van der Waals surface area (Å²) >= 11 is 0. The summed E-state index contributed by atoms with van der Waals surface area (Å²) in [5.41, 5.74) is 1.71. The average Bonchev–Trinajstić information content (AvgIpc) is 3.21. The Kier molecular flexibility index (Phi) is 4.47. The van der Waals surface area contributed by atoms with Gasteiger partial charge >= 0.3 is 0 Å². The predicted octanol–water partition coefficient (Wildman–Crippen LogP) is 2.25. The fraction of sp³-hybridized carbons (Fsp3) is 0.0526. The molecule has 0 saturated carbocycles. The lowest BCUT2D eigenvalue weighted by Crippen LogP contribution is -2.25. The molecule has 3 aromatic rings. The molecule has 1 aliphatic rings. The van der Waals surface area contributed by atoms with Gasteiger partial charge in [0, 0.05) is 28.9 Å². The van der Waals surface area contributed by atoms with Crippen LogP contribution >= 0.6 is 0 Å². The first-order valence-corrected chi connectivity index (χ1v) is 8.37. The van der Waals surface area contributed by atoms with Gasteiger partial charge in [0.15, 0.2) is 6.61 Å². The smallest absolute Gasteiger partial charge is 0.262 e. The number of nitrogens with zero attached hydrogens (tertiary/aromatic N) is 1. The molecule has 2 heterocycles. The highest BCUT2D eigenvalue weighted by Gasteiger charge is 2.17. The maximum atomic E-state index is 12.6. The molecule has 2 aromatic carbocycles. The van der Waals surface area contributed by atoms with E-state index in [1.165, 1.54) is 12.3 Å². The molecule has 0 unspecified atom stereocenters. The number of ether oxygens (including phenoxy) is 1. The molecule has 0 radical (unpaired) electrons. The van der Waals surface area contributed by atoms with Crippen LogP contribution in [-0.4, -0.2) is 34.5 Å². The number of benzene rings is 2. The van der Waals surface area contributed by atoms with Crippen molar-refractivity contribution >= 4 is 34.9 Å². The number of anilines is 3. The monoisotopic (exact) mass is 377 g/mol. The van der Waals surface area contributed by atoms with Crippen LogP contribution in [0.1, 0.15) is 20.7 Å². The molecule has 1 aromatic heterocycles. The minimum atomic E-state index is -0.379. The third-order valence-corrected chi connectivity index (χ3v) is 4.01. The Morgan fingerprint density at radius 2 is 1.79 bits per heavy atom. The number of fused-ring (bicyclic) bond motifs is 1. The minimum Gasteiger partial charge on any atom is -0.482 e. The lowest BCUT2D eigenvalue weighted by molar-refractivity contribution is -0.118. The topological polar surface area (TPSA) is 125 Å². The highest BCUT2D eigenvalue weighted by molar-refractivity contribution is 6.08. The van der Waals surface area contributed by atoms with Crippen molar-refractivity contribution in [1.29, 1.82) is 0 Å². The van der Waals surface area contributed by atoms with E-state index in [0.717, 1.165) is 0 Å². The van der Waals surface area contributed by atoms with E-state index in [-0.39, 0.29) is 24.3 Å². The molecule has 0 saturated heterocycles. The van der Waals surface area contributed by atoms with Crippen molar-refractivity contribution in [2.75, 3.05) is 22.6 Å². The number of hydrogen-bond donors (Lipinski definition) is 4. The molecular weight excluding hydrogens is 362 g/mol. The number of carbonyl (C=O) groups excluding carboxylic acids is 3. The lowest BCUT2D eigenvalue weighted by Gasteiger charge is -2.18. The van der Waals surface area contributed by atoms with Gasteiger partial charge in [-0.2, -0.15) is 5.10 Å². The van der Waals surface area contributed by atoms with Crippen molar-refractivity contribution in [3.05, 3.63) is 65.9 Å². The van der Waals surface area contributed by atoms with E-state index in [1.807, 2.05) is 0 Å². The molecule has 28 heavy (non-hydrogen) atoms. The van der Waals surface area contributed by atoms with E-state index >= 15 is 0 Å². The standard InChI is InChI=1S/C19H15N5O4/c25-17-10-28-15-9-13(4-5-14(15)22-17)21-18(26)11-2-1-3-12(8-11)19(27)23-16-6-7-20-24-16/h1-9H,10H2,(H,21,26)(H,22,25)(H2,20,23,24,27). The van der Waals surface area contributed by atoms with Gasteiger partial charge in [0.1, 0.15) is 11.6 Å². The lowest BCUT2D eigenvalue weighted by atomic mass is 10.1. The van der Waals surface area contributed by atoms with Crippen molar-refractivity contribution in [2.45, 2.75) is 0 Å². The van der Waals surface area contributed by atoms with Crippen LogP contribution in [-0.2, 0) is 4.79 Å². The molecule has 140 valence electrons. The van der Waals surface area contributed by atoms with Crippen molar-refractivity contribution in [3.63, 3.8) is 0 Å². The maximum Gasteiger partial charge on any atom is 0.262 e. The molecule has 9 nitrogen and oxygen atoms in total. The molecule has 3 amide bonds. The Labute approximate surface area is 159 Å². The Balaban J connectivity index is 1.48. The second-order valence-electron chi connectivity index (χ2n) is 6.01. The zero-order chi connectivity index (χ0) is 19.5. The Bertz CT molecular complexity index is 1060. The summed E-state index contributed by atoms with van der Waals surface area (Å²) in [5.74, 6) is -0.0339. The average molecular weight is 377 g/mol. The van der Waals surface area contributed by atoms with E-state index in [0.29, 0.717) is 34.1 Å². The van der Waals surface area contributed by atoms with Gasteiger partial charge in [-0.1, -0.05) is 6.07 Å². The fourth-order valence-corrected chi connectivity index (χ4v) is 2.68. The van der Waals surface area contributed by atoms with Crippen molar-refractivity contribution in [2.24, 2.45) is 0 Å². The minimum absolute atomic E-state index is 0.0715. The Morgan fingerprint density at radius 1 is 1.00 bits per heavy atom. The molecule has 0 aliphatic carbocycles. The number of hydrogen-bond acceptors (Lipinski definition) is 5. The molecule has 4 rings (SSSR count). The van der Waals surface area contributed by atoms with Crippen LogP contribution < -0.4 is 20.7 Å². The summed E-state index contributed by atoms with van der Waals surface area (Å²) in [5, 5.41) is 14.5. The van der Waals surface area contributed by atoms with Gasteiger partial charge in [0.2, 0.25) is 0 Å². The first kappa shape index (κ1) is 17.3. The van der Waals surface area contributed by atoms with Crippen molar-refractivity contribution in [1.82, 2.24) is 10.2 Å². The second kappa shape index (κ2) is 7.23. The number of aromatic nitrogens is 2. The fourth-order valence-electron chi connectivity index (χ4n) is 2.68. The number of aromatic amines is 1. The van der Waals surface area contributed by atoms with Crippen LogP contribution in [0.4, 0.5) is 17.2 Å². The van der Waals surface area contributed by atoms with Crippen molar-refractivity contribution < 1.29 is 19.1 Å². The zero-order valence-corrected chi connectivity index (χ0v) is 14.5. The summed E-state index contributed by atoms with van der Waals surface area (Å²) in [6.07, 6.45) is 1.52. The summed E-state index contributed by atoms with van der Waals surface area (Å²) in [6, 6.07) is 12.9. The van der Waals surface area contributed by atoms with E-state index in [4.69, 9.17) is 4.74 Å². The summed E-state index contributed by atoms with van der Waals surface area (Å²) in [6.45, 7) is -0.0715. The molecule has 0 spiro atoms. The first-order chi connectivity index (χ1) is 13.6. The summed E-state index contributed by atoms with van der Waals surface area (Å²) < 4.78 is 5.34. The summed E-state index contributed by atoms with van der Waals surface area (Å²) in [4.78, 5) is 36.2. The van der Waals surface area contributed by atoms with Gasteiger partial charge in [-0.15, -0.1) is 0 Å². The molecule has 1 aliphatic heterocycles. The number of nitrogens with one attached hydrogen (secondary N) is 4.